The molecule has 0 aliphatic carbocycles. The van der Waals surface area contributed by atoms with Gasteiger partial charge in [-0.3, -0.25) is 9.59 Å². The maximum atomic E-state index is 13.4. The highest BCUT2D eigenvalue weighted by Crippen LogP contribution is 2.24. The highest BCUT2D eigenvalue weighted by Gasteiger charge is 2.25. The summed E-state index contributed by atoms with van der Waals surface area (Å²) in [5.41, 5.74) is 2.61. The molecular weight excluding hydrogens is 463 g/mol. The van der Waals surface area contributed by atoms with Gasteiger partial charge in [0.15, 0.2) is 0 Å². The Morgan fingerprint density at radius 3 is 2.28 bits per heavy atom. The molecule has 4 nitrogen and oxygen atoms in total. The van der Waals surface area contributed by atoms with Gasteiger partial charge >= 0.3 is 0 Å². The Balaban J connectivity index is 1.83. The zero-order valence-electron chi connectivity index (χ0n) is 18.3. The second kappa shape index (κ2) is 11.0. The number of hydrogen-bond donors (Lipinski definition) is 0. The predicted octanol–water partition coefficient (Wildman–Crippen LogP) is 6.44. The third-order valence-corrected chi connectivity index (χ3v) is 6.97. The Kier molecular flexibility index (Phi) is 8.35. The van der Waals surface area contributed by atoms with Crippen molar-refractivity contribution in [2.75, 3.05) is 6.54 Å². The van der Waals surface area contributed by atoms with Gasteiger partial charge in [-0.25, -0.2) is 0 Å². The molecule has 0 unspecified atom stereocenters. The first kappa shape index (κ1) is 24.3. The van der Waals surface area contributed by atoms with Crippen molar-refractivity contribution in [2.45, 2.75) is 39.9 Å². The highest BCUT2D eigenvalue weighted by atomic mass is 35.5. The number of benzene rings is 2. The van der Waals surface area contributed by atoms with Crippen molar-refractivity contribution in [3.05, 3.63) is 91.6 Å². The number of rotatable bonds is 8. The first-order valence-corrected chi connectivity index (χ1v) is 12.0. The highest BCUT2D eigenvalue weighted by molar-refractivity contribution is 7.10. The number of carbonyl (C=O) groups is 2. The fraction of sp³-hybridized carbons (Fsp3) is 0.280. The molecule has 0 saturated carbocycles. The first-order chi connectivity index (χ1) is 15.3. The smallest absolute Gasteiger partial charge is 0.254 e. The SMILES string of the molecule is Cc1ccsc1CN(Cc1ccccc1)C(=O)CN(C(=O)c1ccc(Cl)c(Cl)c1)C(C)C. The van der Waals surface area contributed by atoms with Crippen LogP contribution >= 0.6 is 34.5 Å². The summed E-state index contributed by atoms with van der Waals surface area (Å²) >= 11 is 13.7. The zero-order chi connectivity index (χ0) is 23.3. The fourth-order valence-electron chi connectivity index (χ4n) is 3.31. The summed E-state index contributed by atoms with van der Waals surface area (Å²) < 4.78 is 0. The van der Waals surface area contributed by atoms with Crippen molar-refractivity contribution in [3.63, 3.8) is 0 Å². The van der Waals surface area contributed by atoms with Crippen LogP contribution < -0.4 is 0 Å². The van der Waals surface area contributed by atoms with Crippen LogP contribution in [0.15, 0.2) is 60.0 Å². The molecule has 2 aromatic carbocycles. The van der Waals surface area contributed by atoms with Crippen LogP contribution in [-0.2, 0) is 17.9 Å². The molecule has 0 aliphatic rings. The lowest BCUT2D eigenvalue weighted by molar-refractivity contribution is -0.133. The van der Waals surface area contributed by atoms with Crippen molar-refractivity contribution in [1.82, 2.24) is 9.80 Å². The van der Waals surface area contributed by atoms with Gasteiger partial charge in [-0.1, -0.05) is 53.5 Å². The topological polar surface area (TPSA) is 40.6 Å². The molecule has 0 radical (unpaired) electrons. The minimum Gasteiger partial charge on any atom is -0.332 e. The third-order valence-electron chi connectivity index (χ3n) is 5.23. The lowest BCUT2D eigenvalue weighted by atomic mass is 10.1. The monoisotopic (exact) mass is 488 g/mol. The molecule has 32 heavy (non-hydrogen) atoms. The maximum Gasteiger partial charge on any atom is 0.254 e. The molecule has 0 saturated heterocycles. The van der Waals surface area contributed by atoms with Crippen LogP contribution in [-0.4, -0.2) is 34.2 Å². The predicted molar refractivity (Wildman–Crippen MR) is 132 cm³/mol. The minimum absolute atomic E-state index is 0.0198. The van der Waals surface area contributed by atoms with Crippen LogP contribution in [0, 0.1) is 6.92 Å². The third kappa shape index (κ3) is 6.12. The van der Waals surface area contributed by atoms with Gasteiger partial charge in [0.2, 0.25) is 5.91 Å². The van der Waals surface area contributed by atoms with E-state index < -0.39 is 0 Å². The summed E-state index contributed by atoms with van der Waals surface area (Å²) in [6.45, 7) is 6.80. The molecule has 0 fully saturated rings. The number of aryl methyl sites for hydroxylation is 1. The molecule has 0 spiro atoms. The Labute approximate surface area is 203 Å². The van der Waals surface area contributed by atoms with Crippen LogP contribution in [0.4, 0.5) is 0 Å². The van der Waals surface area contributed by atoms with Crippen molar-refractivity contribution in [2.24, 2.45) is 0 Å². The average Bonchev–Trinajstić information content (AvgIpc) is 3.17. The van der Waals surface area contributed by atoms with Crippen LogP contribution in [0.1, 0.15) is 40.2 Å². The summed E-state index contributed by atoms with van der Waals surface area (Å²) in [4.78, 5) is 31.2. The minimum atomic E-state index is -0.251. The van der Waals surface area contributed by atoms with E-state index in [9.17, 15) is 9.59 Å². The van der Waals surface area contributed by atoms with Gasteiger partial charge in [0, 0.05) is 23.0 Å². The van der Waals surface area contributed by atoms with Crippen molar-refractivity contribution >= 4 is 46.4 Å². The Morgan fingerprint density at radius 1 is 0.969 bits per heavy atom. The number of amides is 2. The van der Waals surface area contributed by atoms with E-state index in [1.165, 1.54) is 0 Å². The van der Waals surface area contributed by atoms with E-state index in [0.717, 1.165) is 16.0 Å². The fourth-order valence-corrected chi connectivity index (χ4v) is 4.52. The van der Waals surface area contributed by atoms with Gasteiger partial charge in [0.05, 0.1) is 16.6 Å². The molecule has 0 aliphatic heterocycles. The van der Waals surface area contributed by atoms with E-state index in [1.807, 2.05) is 61.4 Å². The normalized spacial score (nSPS) is 10.9. The molecule has 2 amide bonds. The second-order valence-corrected chi connectivity index (χ2v) is 9.73. The standard InChI is InChI=1S/C25H26Cl2N2O2S/c1-17(2)29(25(31)20-9-10-21(26)22(27)13-20)16-24(30)28(14-19-7-5-4-6-8-19)15-23-18(3)11-12-32-23/h4-13,17H,14-16H2,1-3H3. The van der Waals surface area contributed by atoms with Crippen LogP contribution in [0.2, 0.25) is 10.0 Å². The Bertz CT molecular complexity index is 1080. The van der Waals surface area contributed by atoms with Gasteiger partial charge in [0.1, 0.15) is 6.54 Å². The second-order valence-electron chi connectivity index (χ2n) is 7.92. The molecule has 1 aromatic heterocycles. The van der Waals surface area contributed by atoms with Crippen molar-refractivity contribution in [3.8, 4) is 0 Å². The number of nitrogens with zero attached hydrogens (tertiary/aromatic N) is 2. The quantitative estimate of drug-likeness (QED) is 0.365. The van der Waals surface area contributed by atoms with Gasteiger partial charge in [-0.2, -0.15) is 0 Å². The molecule has 1 heterocycles. The molecule has 0 atom stereocenters. The van der Waals surface area contributed by atoms with E-state index in [4.69, 9.17) is 23.2 Å². The van der Waals surface area contributed by atoms with Crippen LogP contribution in [0.25, 0.3) is 0 Å². The summed E-state index contributed by atoms with van der Waals surface area (Å²) in [5.74, 6) is -0.359. The van der Waals surface area contributed by atoms with Gasteiger partial charge in [0.25, 0.3) is 5.91 Å². The number of thiophene rings is 1. The van der Waals surface area contributed by atoms with Gasteiger partial charge < -0.3 is 9.80 Å². The average molecular weight is 489 g/mol. The van der Waals surface area contributed by atoms with Gasteiger partial charge in [-0.15, -0.1) is 11.3 Å². The molecule has 0 bridgehead atoms. The van der Waals surface area contributed by atoms with Crippen molar-refractivity contribution in [1.29, 1.82) is 0 Å². The summed E-state index contributed by atoms with van der Waals surface area (Å²) in [7, 11) is 0. The number of hydrogen-bond acceptors (Lipinski definition) is 3. The summed E-state index contributed by atoms with van der Waals surface area (Å²) in [6, 6.07) is 16.5. The largest absolute Gasteiger partial charge is 0.332 e. The molecule has 3 aromatic rings. The molecular formula is C25H26Cl2N2O2S. The van der Waals surface area contributed by atoms with E-state index >= 15 is 0 Å². The van der Waals surface area contributed by atoms with E-state index in [0.29, 0.717) is 28.7 Å². The zero-order valence-corrected chi connectivity index (χ0v) is 20.7. The Hall–Kier alpha value is -2.34. The molecule has 168 valence electrons. The van der Waals surface area contributed by atoms with E-state index in [1.54, 1.807) is 34.4 Å². The summed E-state index contributed by atoms with van der Waals surface area (Å²) in [6.07, 6.45) is 0. The lowest BCUT2D eigenvalue weighted by Gasteiger charge is -2.30. The Morgan fingerprint density at radius 2 is 1.69 bits per heavy atom. The number of carbonyl (C=O) groups excluding carboxylic acids is 2. The van der Waals surface area contributed by atoms with Gasteiger partial charge in [-0.05, 0) is 61.5 Å². The van der Waals surface area contributed by atoms with E-state index in [-0.39, 0.29) is 24.4 Å². The summed E-state index contributed by atoms with van der Waals surface area (Å²) in [5, 5.41) is 2.73. The first-order valence-electron chi connectivity index (χ1n) is 10.4. The van der Waals surface area contributed by atoms with Crippen LogP contribution in [0.5, 0.6) is 0 Å². The van der Waals surface area contributed by atoms with Crippen LogP contribution in [0.3, 0.4) is 0 Å². The molecule has 0 N–H and O–H groups in total. The molecule has 3 rings (SSSR count). The van der Waals surface area contributed by atoms with Crippen molar-refractivity contribution < 1.29 is 9.59 Å². The lowest BCUT2D eigenvalue weighted by Crippen LogP contribution is -2.45. The molecule has 7 heteroatoms. The number of halogens is 2. The maximum absolute atomic E-state index is 13.4. The van der Waals surface area contributed by atoms with E-state index in [2.05, 4.69) is 6.07 Å².